The second-order valence-corrected chi connectivity index (χ2v) is 8.32. The molecular formula is C25H19Cl2NO4. The van der Waals surface area contributed by atoms with E-state index < -0.39 is 17.7 Å². The number of carbonyl (C=O) groups excluding carboxylic acids is 2. The van der Waals surface area contributed by atoms with Crippen molar-refractivity contribution in [1.82, 2.24) is 0 Å². The van der Waals surface area contributed by atoms with Gasteiger partial charge in [0.25, 0.3) is 11.7 Å². The summed E-state index contributed by atoms with van der Waals surface area (Å²) in [5.74, 6) is -1.35. The van der Waals surface area contributed by atoms with E-state index in [9.17, 15) is 14.7 Å². The molecule has 1 aliphatic heterocycles. The van der Waals surface area contributed by atoms with Gasteiger partial charge >= 0.3 is 0 Å². The van der Waals surface area contributed by atoms with Gasteiger partial charge in [-0.25, -0.2) is 0 Å². The molecule has 0 spiro atoms. The minimum atomic E-state index is -0.865. The van der Waals surface area contributed by atoms with Crippen LogP contribution in [0.2, 0.25) is 10.0 Å². The molecule has 0 bridgehead atoms. The second kappa shape index (κ2) is 8.69. The van der Waals surface area contributed by atoms with E-state index in [1.807, 2.05) is 31.2 Å². The maximum Gasteiger partial charge on any atom is 0.300 e. The van der Waals surface area contributed by atoms with Crippen LogP contribution in [-0.4, -0.2) is 23.9 Å². The smallest absolute Gasteiger partial charge is 0.300 e. The molecule has 1 saturated heterocycles. The minimum Gasteiger partial charge on any atom is -0.507 e. The van der Waals surface area contributed by atoms with Crippen molar-refractivity contribution >= 4 is 46.3 Å². The number of hydrogen-bond donors (Lipinski definition) is 1. The predicted octanol–water partition coefficient (Wildman–Crippen LogP) is 5.94. The average Bonchev–Trinajstić information content (AvgIpc) is 3.03. The molecule has 3 aromatic carbocycles. The Labute approximate surface area is 195 Å². The number of ketones is 1. The number of aliphatic hydroxyl groups excluding tert-OH is 1. The zero-order valence-corrected chi connectivity index (χ0v) is 18.8. The zero-order valence-electron chi connectivity index (χ0n) is 17.3. The van der Waals surface area contributed by atoms with Crippen molar-refractivity contribution in [2.24, 2.45) is 0 Å². The van der Waals surface area contributed by atoms with Crippen molar-refractivity contribution in [3.63, 3.8) is 0 Å². The molecular weight excluding hydrogens is 449 g/mol. The highest BCUT2D eigenvalue weighted by Gasteiger charge is 2.47. The lowest BCUT2D eigenvalue weighted by molar-refractivity contribution is -0.132. The zero-order chi connectivity index (χ0) is 23.0. The number of halogens is 2. The Kier molecular flexibility index (Phi) is 5.96. The summed E-state index contributed by atoms with van der Waals surface area (Å²) in [7, 11) is 1.51. The number of rotatable bonds is 4. The highest BCUT2D eigenvalue weighted by atomic mass is 35.5. The summed E-state index contributed by atoms with van der Waals surface area (Å²) in [4.78, 5) is 27.7. The lowest BCUT2D eigenvalue weighted by Gasteiger charge is -2.26. The van der Waals surface area contributed by atoms with Crippen molar-refractivity contribution in [1.29, 1.82) is 0 Å². The fourth-order valence-electron chi connectivity index (χ4n) is 3.86. The van der Waals surface area contributed by atoms with E-state index in [-0.39, 0.29) is 11.3 Å². The van der Waals surface area contributed by atoms with Gasteiger partial charge in [0.1, 0.15) is 11.5 Å². The third-order valence-electron chi connectivity index (χ3n) is 5.27. The van der Waals surface area contributed by atoms with Gasteiger partial charge in [0, 0.05) is 21.3 Å². The van der Waals surface area contributed by atoms with Crippen molar-refractivity contribution in [2.45, 2.75) is 13.0 Å². The summed E-state index contributed by atoms with van der Waals surface area (Å²) in [5, 5.41) is 11.8. The van der Waals surface area contributed by atoms with E-state index in [4.69, 9.17) is 27.9 Å². The summed E-state index contributed by atoms with van der Waals surface area (Å²) >= 11 is 12.4. The number of hydrogen-bond acceptors (Lipinski definition) is 4. The fraction of sp³-hybridized carbons (Fsp3) is 0.120. The summed E-state index contributed by atoms with van der Waals surface area (Å²) < 4.78 is 5.23. The Hall–Kier alpha value is -3.28. The van der Waals surface area contributed by atoms with Crippen LogP contribution in [0.3, 0.4) is 0 Å². The van der Waals surface area contributed by atoms with Gasteiger partial charge in [-0.1, -0.05) is 65.2 Å². The average molecular weight is 468 g/mol. The Balaban J connectivity index is 1.98. The first-order valence-corrected chi connectivity index (χ1v) is 10.5. The second-order valence-electron chi connectivity index (χ2n) is 7.44. The van der Waals surface area contributed by atoms with Crippen LogP contribution in [0.5, 0.6) is 5.75 Å². The van der Waals surface area contributed by atoms with Crippen LogP contribution in [0.15, 0.2) is 72.3 Å². The Morgan fingerprint density at radius 3 is 2.31 bits per heavy atom. The number of aryl methyl sites for hydroxylation is 1. The van der Waals surface area contributed by atoms with Gasteiger partial charge in [-0.15, -0.1) is 0 Å². The molecule has 0 saturated carbocycles. The van der Waals surface area contributed by atoms with Gasteiger partial charge in [-0.3, -0.25) is 14.5 Å². The van der Waals surface area contributed by atoms with E-state index in [0.29, 0.717) is 32.6 Å². The summed E-state index contributed by atoms with van der Waals surface area (Å²) in [6.45, 7) is 1.91. The van der Waals surface area contributed by atoms with Crippen LogP contribution < -0.4 is 9.64 Å². The maximum atomic E-state index is 13.2. The Morgan fingerprint density at radius 1 is 0.969 bits per heavy atom. The third-order valence-corrected chi connectivity index (χ3v) is 5.71. The summed E-state index contributed by atoms with van der Waals surface area (Å²) in [6, 6.07) is 17.9. The number of amides is 1. The number of aliphatic hydroxyl groups is 1. The molecule has 1 atom stereocenters. The van der Waals surface area contributed by atoms with Crippen LogP contribution in [-0.2, 0) is 9.59 Å². The highest BCUT2D eigenvalue weighted by molar-refractivity contribution is 6.52. The number of nitrogens with zero attached hydrogens (tertiary/aromatic N) is 1. The SMILES string of the molecule is COc1cccc(/C(O)=C2\C(=O)C(=O)N(c3cc(Cl)cc(Cl)c3)C2c2cccc(C)c2)c1. The summed E-state index contributed by atoms with van der Waals surface area (Å²) in [6.07, 6.45) is 0. The molecule has 0 aliphatic carbocycles. The molecule has 162 valence electrons. The van der Waals surface area contributed by atoms with Crippen molar-refractivity contribution in [2.75, 3.05) is 12.0 Å². The molecule has 32 heavy (non-hydrogen) atoms. The predicted molar refractivity (Wildman–Crippen MR) is 125 cm³/mol. The van der Waals surface area contributed by atoms with Crippen LogP contribution >= 0.6 is 23.2 Å². The first-order chi connectivity index (χ1) is 15.3. The number of ether oxygens (including phenoxy) is 1. The van der Waals surface area contributed by atoms with E-state index in [2.05, 4.69) is 0 Å². The number of anilines is 1. The molecule has 0 aromatic heterocycles. The lowest BCUT2D eigenvalue weighted by atomic mass is 9.94. The minimum absolute atomic E-state index is 0.0232. The first-order valence-electron chi connectivity index (χ1n) is 9.78. The Morgan fingerprint density at radius 2 is 1.66 bits per heavy atom. The molecule has 1 N–H and O–H groups in total. The van der Waals surface area contributed by atoms with Gasteiger partial charge in [0.15, 0.2) is 0 Å². The van der Waals surface area contributed by atoms with Crippen LogP contribution in [0.4, 0.5) is 5.69 Å². The molecule has 3 aromatic rings. The molecule has 4 rings (SSSR count). The molecule has 7 heteroatoms. The van der Waals surface area contributed by atoms with E-state index in [1.54, 1.807) is 42.5 Å². The number of benzene rings is 3. The molecule has 5 nitrogen and oxygen atoms in total. The normalized spacial score (nSPS) is 17.6. The molecule has 1 amide bonds. The van der Waals surface area contributed by atoms with Crippen molar-refractivity contribution in [3.8, 4) is 5.75 Å². The van der Waals surface area contributed by atoms with Crippen LogP contribution in [0, 0.1) is 6.92 Å². The highest BCUT2D eigenvalue weighted by Crippen LogP contribution is 2.43. The van der Waals surface area contributed by atoms with Gasteiger partial charge < -0.3 is 9.84 Å². The van der Waals surface area contributed by atoms with Gasteiger partial charge in [0.2, 0.25) is 0 Å². The number of methoxy groups -OCH3 is 1. The van der Waals surface area contributed by atoms with Crippen molar-refractivity contribution < 1.29 is 19.4 Å². The fourth-order valence-corrected chi connectivity index (χ4v) is 4.37. The molecule has 1 heterocycles. The monoisotopic (exact) mass is 467 g/mol. The topological polar surface area (TPSA) is 66.8 Å². The van der Waals surface area contributed by atoms with Gasteiger partial charge in [-0.05, 0) is 42.8 Å². The number of carbonyl (C=O) groups is 2. The summed E-state index contributed by atoms with van der Waals surface area (Å²) in [5.41, 5.74) is 2.32. The van der Waals surface area contributed by atoms with Crippen LogP contribution in [0.25, 0.3) is 5.76 Å². The quantitative estimate of drug-likeness (QED) is 0.293. The molecule has 0 radical (unpaired) electrons. The molecule has 1 aliphatic rings. The molecule has 1 unspecified atom stereocenters. The van der Waals surface area contributed by atoms with Crippen molar-refractivity contribution in [3.05, 3.63) is 99.0 Å². The Bertz CT molecular complexity index is 1250. The first kappa shape index (κ1) is 21.9. The van der Waals surface area contributed by atoms with E-state index in [1.165, 1.54) is 12.0 Å². The van der Waals surface area contributed by atoms with Gasteiger partial charge in [-0.2, -0.15) is 0 Å². The lowest BCUT2D eigenvalue weighted by Crippen LogP contribution is -2.29. The number of Topliss-reactive ketones (excluding diaryl/α,β-unsaturated/α-hetero) is 1. The largest absolute Gasteiger partial charge is 0.507 e. The third kappa shape index (κ3) is 3.97. The van der Waals surface area contributed by atoms with E-state index >= 15 is 0 Å². The molecule has 1 fully saturated rings. The standard InChI is InChI=1S/C25H19Cl2NO4/c1-14-5-3-6-15(9-14)22-21(23(29)16-7-4-8-20(10-16)32-2)24(30)25(31)28(22)19-12-17(26)11-18(27)13-19/h3-13,22,29H,1-2H3/b23-21+. The van der Waals surface area contributed by atoms with Gasteiger partial charge in [0.05, 0.1) is 18.7 Å². The van der Waals surface area contributed by atoms with E-state index in [0.717, 1.165) is 5.56 Å². The van der Waals surface area contributed by atoms with Crippen LogP contribution in [0.1, 0.15) is 22.7 Å². The maximum absolute atomic E-state index is 13.2.